The minimum absolute atomic E-state index is 0.163. The lowest BCUT2D eigenvalue weighted by Crippen LogP contribution is -2.06. The number of amides is 1. The lowest BCUT2D eigenvalue weighted by molar-refractivity contribution is -0.137. The highest BCUT2D eigenvalue weighted by molar-refractivity contribution is 6.35. The van der Waals surface area contributed by atoms with Crippen LogP contribution in [0.15, 0.2) is 72.9 Å². The van der Waals surface area contributed by atoms with Gasteiger partial charge in [-0.3, -0.25) is 4.79 Å². The number of benzene rings is 3. The molecule has 4 nitrogen and oxygen atoms in total. The summed E-state index contributed by atoms with van der Waals surface area (Å²) in [6.45, 7) is 1.15. The fourth-order valence-corrected chi connectivity index (χ4v) is 4.41. The van der Waals surface area contributed by atoms with Crippen molar-refractivity contribution >= 4 is 45.7 Å². The van der Waals surface area contributed by atoms with Gasteiger partial charge in [0.1, 0.15) is 5.75 Å². The third-order valence-electron chi connectivity index (χ3n) is 5.89. The van der Waals surface area contributed by atoms with E-state index in [4.69, 9.17) is 16.3 Å². The Hall–Kier alpha value is -3.71. The van der Waals surface area contributed by atoms with Crippen LogP contribution in [0.2, 0.25) is 5.02 Å². The Bertz CT molecular complexity index is 1460. The second kappa shape index (κ2) is 9.15. The maximum absolute atomic E-state index is 13.1. The smallest absolute Gasteiger partial charge is 0.416 e. The molecule has 3 aromatic carbocycles. The fraction of sp³-hybridized carbons (Fsp3) is 0.148. The number of hydrogen-bond donors (Lipinski definition) is 1. The number of anilines is 1. The Balaban J connectivity index is 1.40. The number of nitrogens with zero attached hydrogens (tertiary/aromatic N) is 1. The van der Waals surface area contributed by atoms with Gasteiger partial charge in [-0.05, 0) is 42.8 Å². The van der Waals surface area contributed by atoms with Crippen LogP contribution >= 0.6 is 11.6 Å². The molecule has 0 unspecified atom stereocenters. The third kappa shape index (κ3) is 4.64. The number of nitrogens with one attached hydrogen (secondary N) is 1. The summed E-state index contributed by atoms with van der Waals surface area (Å²) in [5, 5.41) is 4.06. The van der Waals surface area contributed by atoms with E-state index in [0.29, 0.717) is 35.1 Å². The molecule has 0 saturated heterocycles. The highest BCUT2D eigenvalue weighted by Crippen LogP contribution is 2.39. The highest BCUT2D eigenvalue weighted by atomic mass is 35.5. The van der Waals surface area contributed by atoms with Crippen molar-refractivity contribution in [2.75, 3.05) is 11.9 Å². The van der Waals surface area contributed by atoms with Gasteiger partial charge in [0.15, 0.2) is 0 Å². The van der Waals surface area contributed by atoms with Crippen molar-refractivity contribution in [1.29, 1.82) is 0 Å². The van der Waals surface area contributed by atoms with Gasteiger partial charge in [0.2, 0.25) is 0 Å². The highest BCUT2D eigenvalue weighted by Gasteiger charge is 2.33. The van der Waals surface area contributed by atoms with E-state index in [-0.39, 0.29) is 5.69 Å². The van der Waals surface area contributed by atoms with Crippen LogP contribution in [0, 0.1) is 0 Å². The summed E-state index contributed by atoms with van der Waals surface area (Å²) in [4.78, 5) is 12.6. The number of aryl methyl sites for hydroxylation is 1. The molecule has 1 amide bonds. The summed E-state index contributed by atoms with van der Waals surface area (Å²) in [7, 11) is 0. The molecule has 1 aliphatic heterocycles. The number of carbonyl (C=O) groups excluding carboxylic acids is 1. The van der Waals surface area contributed by atoms with Crippen molar-refractivity contribution < 1.29 is 22.7 Å². The van der Waals surface area contributed by atoms with E-state index >= 15 is 0 Å². The molecule has 5 rings (SSSR count). The van der Waals surface area contributed by atoms with Crippen LogP contribution in [0.5, 0.6) is 5.75 Å². The molecule has 1 N–H and O–H groups in total. The SMILES string of the molecule is O=C1Nc2cc(C(F)(F)F)ccc2/C1=C\c1cn(CCCOc2ccccc2Cl)c2ccccc12. The minimum Gasteiger partial charge on any atom is -0.492 e. The van der Waals surface area contributed by atoms with Crippen LogP contribution in [-0.2, 0) is 17.5 Å². The van der Waals surface area contributed by atoms with Crippen molar-refractivity contribution in [3.05, 3.63) is 94.6 Å². The van der Waals surface area contributed by atoms with E-state index in [1.54, 1.807) is 12.1 Å². The first-order valence-electron chi connectivity index (χ1n) is 11.0. The van der Waals surface area contributed by atoms with E-state index in [1.807, 2.05) is 48.7 Å². The monoisotopic (exact) mass is 496 g/mol. The van der Waals surface area contributed by atoms with Crippen molar-refractivity contribution in [2.24, 2.45) is 0 Å². The van der Waals surface area contributed by atoms with Gasteiger partial charge in [-0.1, -0.05) is 48.0 Å². The Morgan fingerprint density at radius 1 is 1.03 bits per heavy atom. The van der Waals surface area contributed by atoms with Gasteiger partial charge in [0, 0.05) is 46.0 Å². The van der Waals surface area contributed by atoms with Crippen LogP contribution in [-0.4, -0.2) is 17.1 Å². The summed E-state index contributed by atoms with van der Waals surface area (Å²) in [6, 6.07) is 18.4. The predicted octanol–water partition coefficient (Wildman–Crippen LogP) is 7.28. The zero-order valence-corrected chi connectivity index (χ0v) is 19.2. The van der Waals surface area contributed by atoms with Crippen LogP contribution in [0.4, 0.5) is 18.9 Å². The molecule has 0 fully saturated rings. The number of aromatic nitrogens is 1. The molecule has 0 aliphatic carbocycles. The Morgan fingerprint density at radius 2 is 1.80 bits per heavy atom. The molecule has 1 aliphatic rings. The molecule has 178 valence electrons. The number of carbonyl (C=O) groups is 1. The predicted molar refractivity (Wildman–Crippen MR) is 131 cm³/mol. The summed E-state index contributed by atoms with van der Waals surface area (Å²) in [6.07, 6.45) is -0.0747. The van der Waals surface area contributed by atoms with Gasteiger partial charge >= 0.3 is 6.18 Å². The van der Waals surface area contributed by atoms with E-state index < -0.39 is 17.6 Å². The standard InChI is InChI=1S/C27H20ClF3N2O2/c28-22-7-2-4-9-25(22)35-13-5-12-33-16-17(19-6-1-3-8-24(19)33)14-21-20-11-10-18(27(29,30)31)15-23(20)32-26(21)34/h1-4,6-11,14-16H,5,12-13H2,(H,32,34)/b21-14+. The Morgan fingerprint density at radius 3 is 2.60 bits per heavy atom. The third-order valence-corrected chi connectivity index (χ3v) is 6.20. The number of hydrogen-bond acceptors (Lipinski definition) is 2. The van der Waals surface area contributed by atoms with Gasteiger partial charge in [0.25, 0.3) is 5.91 Å². The first-order valence-corrected chi connectivity index (χ1v) is 11.4. The van der Waals surface area contributed by atoms with Crippen molar-refractivity contribution in [2.45, 2.75) is 19.1 Å². The molecule has 0 spiro atoms. The average Bonchev–Trinajstić information content (AvgIpc) is 3.34. The van der Waals surface area contributed by atoms with E-state index in [0.717, 1.165) is 35.0 Å². The van der Waals surface area contributed by atoms with Crippen LogP contribution in [0.25, 0.3) is 22.6 Å². The van der Waals surface area contributed by atoms with Gasteiger partial charge in [-0.25, -0.2) is 0 Å². The summed E-state index contributed by atoms with van der Waals surface area (Å²) in [5.41, 5.74) is 1.95. The van der Waals surface area contributed by atoms with Gasteiger partial charge in [0.05, 0.1) is 17.2 Å². The molecule has 2 heterocycles. The molecule has 0 bridgehead atoms. The number of alkyl halides is 3. The van der Waals surface area contributed by atoms with Gasteiger partial charge in [-0.2, -0.15) is 13.2 Å². The molecule has 35 heavy (non-hydrogen) atoms. The number of rotatable bonds is 6. The van der Waals surface area contributed by atoms with Gasteiger partial charge < -0.3 is 14.6 Å². The maximum atomic E-state index is 13.1. The summed E-state index contributed by atoms with van der Waals surface area (Å²) < 4.78 is 47.1. The number of halogens is 4. The van der Waals surface area contributed by atoms with Gasteiger partial charge in [-0.15, -0.1) is 0 Å². The number of ether oxygens (including phenoxy) is 1. The Kier molecular flexibility index (Phi) is 6.03. The van der Waals surface area contributed by atoms with E-state index in [1.165, 1.54) is 6.07 Å². The van der Waals surface area contributed by atoms with E-state index in [2.05, 4.69) is 9.88 Å². The van der Waals surface area contributed by atoms with Crippen molar-refractivity contribution in [1.82, 2.24) is 4.57 Å². The molecule has 0 radical (unpaired) electrons. The zero-order chi connectivity index (χ0) is 24.6. The first kappa shape index (κ1) is 23.1. The largest absolute Gasteiger partial charge is 0.492 e. The molecule has 8 heteroatoms. The fourth-order valence-electron chi connectivity index (χ4n) is 4.22. The molecular weight excluding hydrogens is 477 g/mol. The van der Waals surface area contributed by atoms with Crippen molar-refractivity contribution in [3.63, 3.8) is 0 Å². The molecule has 1 aromatic heterocycles. The molecular formula is C27H20ClF3N2O2. The van der Waals surface area contributed by atoms with Crippen molar-refractivity contribution in [3.8, 4) is 5.75 Å². The second-order valence-electron chi connectivity index (χ2n) is 8.20. The molecule has 4 aromatic rings. The van der Waals surface area contributed by atoms with E-state index in [9.17, 15) is 18.0 Å². The van der Waals surface area contributed by atoms with Crippen LogP contribution in [0.1, 0.15) is 23.1 Å². The van der Waals surface area contributed by atoms with Crippen LogP contribution in [0.3, 0.4) is 0 Å². The number of fused-ring (bicyclic) bond motifs is 2. The molecule has 0 saturated carbocycles. The number of para-hydroxylation sites is 2. The zero-order valence-electron chi connectivity index (χ0n) is 18.4. The van der Waals surface area contributed by atoms with Crippen LogP contribution < -0.4 is 10.1 Å². The lowest BCUT2D eigenvalue weighted by atomic mass is 10.0. The summed E-state index contributed by atoms with van der Waals surface area (Å²) >= 11 is 6.14. The summed E-state index contributed by atoms with van der Waals surface area (Å²) in [5.74, 6) is 0.209. The minimum atomic E-state index is -4.48. The lowest BCUT2D eigenvalue weighted by Gasteiger charge is -2.09. The maximum Gasteiger partial charge on any atom is 0.416 e. The average molecular weight is 497 g/mol. The second-order valence-corrected chi connectivity index (χ2v) is 8.60. The quantitative estimate of drug-likeness (QED) is 0.225. The topological polar surface area (TPSA) is 43.3 Å². The first-order chi connectivity index (χ1) is 16.8. The Labute approximate surface area is 204 Å². The normalized spacial score (nSPS) is 14.4. The molecule has 0 atom stereocenters.